The zero-order chi connectivity index (χ0) is 19.6. The molecule has 140 valence electrons. The van der Waals surface area contributed by atoms with Crippen LogP contribution in [-0.2, 0) is 0 Å². The van der Waals surface area contributed by atoms with Crippen molar-refractivity contribution in [2.24, 2.45) is 0 Å². The van der Waals surface area contributed by atoms with Gasteiger partial charge in [0, 0.05) is 0 Å². The SMILES string of the molecule is CC[C@@H](NC(=O)c1c(-c2c(F)cccc2Cl)noc1C)c1ccc(C)cc1. The molecule has 0 radical (unpaired) electrons. The number of aromatic nitrogens is 1. The summed E-state index contributed by atoms with van der Waals surface area (Å²) in [6, 6.07) is 12.1. The minimum absolute atomic E-state index is 0.0598. The molecule has 1 N–H and O–H groups in total. The maximum absolute atomic E-state index is 14.3. The Morgan fingerprint density at radius 1 is 1.22 bits per heavy atom. The second-order valence-corrected chi connectivity index (χ2v) is 6.81. The predicted molar refractivity (Wildman–Crippen MR) is 103 cm³/mol. The molecule has 3 rings (SSSR count). The average molecular weight is 387 g/mol. The summed E-state index contributed by atoms with van der Waals surface area (Å²) in [6.45, 7) is 5.61. The number of rotatable bonds is 5. The van der Waals surface area contributed by atoms with Crippen molar-refractivity contribution in [1.29, 1.82) is 0 Å². The number of hydrogen-bond donors (Lipinski definition) is 1. The van der Waals surface area contributed by atoms with Gasteiger partial charge in [-0.25, -0.2) is 4.39 Å². The third-order valence-electron chi connectivity index (χ3n) is 4.48. The second kappa shape index (κ2) is 7.92. The molecule has 0 spiro atoms. The number of carbonyl (C=O) groups excluding carboxylic acids is 1. The first-order chi connectivity index (χ1) is 12.9. The Kier molecular flexibility index (Phi) is 5.61. The van der Waals surface area contributed by atoms with Crippen molar-refractivity contribution in [3.05, 3.63) is 75.8 Å². The summed E-state index contributed by atoms with van der Waals surface area (Å²) in [5.41, 5.74) is 2.49. The Morgan fingerprint density at radius 3 is 2.56 bits per heavy atom. The first-order valence-electron chi connectivity index (χ1n) is 8.70. The van der Waals surface area contributed by atoms with Gasteiger partial charge in [0.15, 0.2) is 0 Å². The Labute approximate surface area is 162 Å². The molecular weight excluding hydrogens is 367 g/mol. The number of carbonyl (C=O) groups is 1. The Morgan fingerprint density at radius 2 is 1.93 bits per heavy atom. The van der Waals surface area contributed by atoms with Crippen LogP contribution in [0.2, 0.25) is 5.02 Å². The standard InChI is InChI=1S/C21H20ClFN2O2/c1-4-17(14-10-8-12(2)9-11-14)24-21(26)18-13(3)27-25-20(18)19-15(22)6-5-7-16(19)23/h5-11,17H,4H2,1-3H3,(H,24,26)/t17-/m1/s1. The zero-order valence-electron chi connectivity index (χ0n) is 15.3. The summed E-state index contributed by atoms with van der Waals surface area (Å²) in [7, 11) is 0. The van der Waals surface area contributed by atoms with E-state index in [9.17, 15) is 9.18 Å². The lowest BCUT2D eigenvalue weighted by molar-refractivity contribution is 0.0934. The van der Waals surface area contributed by atoms with Gasteiger partial charge >= 0.3 is 0 Å². The lowest BCUT2D eigenvalue weighted by Crippen LogP contribution is -2.28. The molecule has 1 heterocycles. The lowest BCUT2D eigenvalue weighted by Gasteiger charge is -2.18. The van der Waals surface area contributed by atoms with E-state index in [2.05, 4.69) is 10.5 Å². The van der Waals surface area contributed by atoms with Crippen molar-refractivity contribution in [3.8, 4) is 11.3 Å². The number of nitrogens with one attached hydrogen (secondary N) is 1. The molecule has 27 heavy (non-hydrogen) atoms. The molecule has 0 fully saturated rings. The van der Waals surface area contributed by atoms with E-state index in [1.54, 1.807) is 13.0 Å². The quantitative estimate of drug-likeness (QED) is 0.618. The monoisotopic (exact) mass is 386 g/mol. The predicted octanol–water partition coefficient (Wildman–Crippen LogP) is 5.63. The van der Waals surface area contributed by atoms with Crippen molar-refractivity contribution < 1.29 is 13.7 Å². The summed E-state index contributed by atoms with van der Waals surface area (Å²) in [5, 5.41) is 7.05. The van der Waals surface area contributed by atoms with E-state index in [-0.39, 0.29) is 33.8 Å². The highest BCUT2D eigenvalue weighted by Gasteiger charge is 2.26. The normalized spacial score (nSPS) is 12.0. The number of amides is 1. The number of halogens is 2. The highest BCUT2D eigenvalue weighted by atomic mass is 35.5. The zero-order valence-corrected chi connectivity index (χ0v) is 16.1. The van der Waals surface area contributed by atoms with Gasteiger partial charge in [-0.2, -0.15) is 0 Å². The van der Waals surface area contributed by atoms with Crippen LogP contribution in [0.25, 0.3) is 11.3 Å². The third kappa shape index (κ3) is 3.88. The van der Waals surface area contributed by atoms with Crippen LogP contribution in [0.5, 0.6) is 0 Å². The van der Waals surface area contributed by atoms with Crippen molar-refractivity contribution in [3.63, 3.8) is 0 Å². The summed E-state index contributed by atoms with van der Waals surface area (Å²) in [4.78, 5) is 13.0. The molecule has 1 atom stereocenters. The number of hydrogen-bond acceptors (Lipinski definition) is 3. The molecule has 6 heteroatoms. The average Bonchev–Trinajstić information content (AvgIpc) is 3.01. The molecule has 0 aliphatic heterocycles. The van der Waals surface area contributed by atoms with Crippen LogP contribution in [0.1, 0.15) is 46.6 Å². The van der Waals surface area contributed by atoms with Gasteiger partial charge in [-0.15, -0.1) is 0 Å². The van der Waals surface area contributed by atoms with Gasteiger partial charge in [0.2, 0.25) is 0 Å². The van der Waals surface area contributed by atoms with E-state index >= 15 is 0 Å². The molecule has 3 aromatic rings. The third-order valence-corrected chi connectivity index (χ3v) is 4.80. The molecule has 1 amide bonds. The summed E-state index contributed by atoms with van der Waals surface area (Å²) in [5.74, 6) is -0.633. The van der Waals surface area contributed by atoms with Crippen LogP contribution in [0.4, 0.5) is 4.39 Å². The van der Waals surface area contributed by atoms with Crippen LogP contribution in [0.15, 0.2) is 47.0 Å². The van der Waals surface area contributed by atoms with E-state index in [4.69, 9.17) is 16.1 Å². The van der Waals surface area contributed by atoms with Crippen molar-refractivity contribution >= 4 is 17.5 Å². The van der Waals surface area contributed by atoms with Crippen LogP contribution in [0.3, 0.4) is 0 Å². The van der Waals surface area contributed by atoms with Gasteiger partial charge in [0.1, 0.15) is 22.8 Å². The molecule has 0 bridgehead atoms. The minimum atomic E-state index is -0.560. The number of aryl methyl sites for hydroxylation is 2. The summed E-state index contributed by atoms with van der Waals surface area (Å²) >= 11 is 6.14. The van der Waals surface area contributed by atoms with Crippen LogP contribution >= 0.6 is 11.6 Å². The fourth-order valence-corrected chi connectivity index (χ4v) is 3.24. The Bertz CT molecular complexity index is 947. The molecule has 0 aliphatic rings. The summed E-state index contributed by atoms with van der Waals surface area (Å²) in [6.07, 6.45) is 0.703. The number of benzene rings is 2. The fraction of sp³-hybridized carbons (Fsp3) is 0.238. The van der Waals surface area contributed by atoms with E-state index in [1.807, 2.05) is 38.1 Å². The largest absolute Gasteiger partial charge is 0.360 e. The van der Waals surface area contributed by atoms with Gasteiger partial charge in [0.25, 0.3) is 5.91 Å². The van der Waals surface area contributed by atoms with E-state index in [0.717, 1.165) is 11.1 Å². The summed E-state index contributed by atoms with van der Waals surface area (Å²) < 4.78 is 19.5. The molecular formula is C21H20ClFN2O2. The topological polar surface area (TPSA) is 55.1 Å². The van der Waals surface area contributed by atoms with Gasteiger partial charge in [-0.05, 0) is 38.0 Å². The van der Waals surface area contributed by atoms with Crippen molar-refractivity contribution in [2.75, 3.05) is 0 Å². The lowest BCUT2D eigenvalue weighted by atomic mass is 10.0. The molecule has 0 saturated heterocycles. The van der Waals surface area contributed by atoms with Crippen molar-refractivity contribution in [1.82, 2.24) is 10.5 Å². The van der Waals surface area contributed by atoms with Crippen LogP contribution in [0, 0.1) is 19.7 Å². The van der Waals surface area contributed by atoms with E-state index in [1.165, 1.54) is 12.1 Å². The second-order valence-electron chi connectivity index (χ2n) is 6.40. The van der Waals surface area contributed by atoms with Crippen LogP contribution < -0.4 is 5.32 Å². The number of nitrogens with zero attached hydrogens (tertiary/aromatic N) is 1. The molecule has 2 aromatic carbocycles. The van der Waals surface area contributed by atoms with E-state index < -0.39 is 5.82 Å². The maximum Gasteiger partial charge on any atom is 0.257 e. The van der Waals surface area contributed by atoms with Gasteiger partial charge in [0.05, 0.1) is 16.6 Å². The molecule has 4 nitrogen and oxygen atoms in total. The minimum Gasteiger partial charge on any atom is -0.360 e. The van der Waals surface area contributed by atoms with Crippen LogP contribution in [-0.4, -0.2) is 11.1 Å². The van der Waals surface area contributed by atoms with Gasteiger partial charge in [-0.3, -0.25) is 4.79 Å². The molecule has 0 unspecified atom stereocenters. The van der Waals surface area contributed by atoms with Gasteiger partial charge in [-0.1, -0.05) is 59.6 Å². The molecule has 0 saturated carbocycles. The first-order valence-corrected chi connectivity index (χ1v) is 9.08. The Balaban J connectivity index is 1.96. The van der Waals surface area contributed by atoms with Crippen molar-refractivity contribution in [2.45, 2.75) is 33.2 Å². The highest BCUT2D eigenvalue weighted by molar-refractivity contribution is 6.33. The fourth-order valence-electron chi connectivity index (χ4n) is 2.98. The highest BCUT2D eigenvalue weighted by Crippen LogP contribution is 2.33. The van der Waals surface area contributed by atoms with E-state index in [0.29, 0.717) is 12.2 Å². The Hall–Kier alpha value is -2.66. The molecule has 1 aromatic heterocycles. The maximum atomic E-state index is 14.3. The van der Waals surface area contributed by atoms with Gasteiger partial charge < -0.3 is 9.84 Å². The smallest absolute Gasteiger partial charge is 0.257 e. The molecule has 0 aliphatic carbocycles. The first kappa shape index (κ1) is 19.1.